The zero-order valence-corrected chi connectivity index (χ0v) is 11.7. The summed E-state index contributed by atoms with van der Waals surface area (Å²) in [5.74, 6) is 2.28. The van der Waals surface area contributed by atoms with E-state index in [1.165, 1.54) is 12.8 Å². The van der Waals surface area contributed by atoms with Crippen LogP contribution in [0.15, 0.2) is 12.1 Å². The Kier molecular flexibility index (Phi) is 4.23. The normalized spacial score (nSPS) is 15.2. The fourth-order valence-electron chi connectivity index (χ4n) is 2.14. The number of anilines is 1. The van der Waals surface area contributed by atoms with Gasteiger partial charge >= 0.3 is 0 Å². The average molecular weight is 248 g/mol. The van der Waals surface area contributed by atoms with E-state index >= 15 is 0 Å². The van der Waals surface area contributed by atoms with Crippen LogP contribution in [0.3, 0.4) is 0 Å². The highest BCUT2D eigenvalue weighted by atomic mass is 16.3. The first-order valence-electron chi connectivity index (χ1n) is 7.00. The quantitative estimate of drug-likeness (QED) is 0.841. The highest BCUT2D eigenvalue weighted by Crippen LogP contribution is 2.31. The third kappa shape index (κ3) is 3.22. The van der Waals surface area contributed by atoms with Gasteiger partial charge in [-0.25, -0.2) is 4.98 Å². The predicted molar refractivity (Wildman–Crippen MR) is 74.9 cm³/mol. The fraction of sp³-hybridized carbons (Fsp3) is 0.667. The number of aromatic nitrogens is 1. The minimum Gasteiger partial charge on any atom is -0.392 e. The Morgan fingerprint density at radius 2 is 2.11 bits per heavy atom. The van der Waals surface area contributed by atoms with Crippen molar-refractivity contribution in [3.8, 4) is 0 Å². The molecule has 0 aromatic carbocycles. The van der Waals surface area contributed by atoms with E-state index in [1.54, 1.807) is 0 Å². The first-order chi connectivity index (χ1) is 8.63. The number of rotatable bonds is 6. The third-order valence-electron chi connectivity index (χ3n) is 3.55. The van der Waals surface area contributed by atoms with Gasteiger partial charge in [0.25, 0.3) is 0 Å². The molecule has 1 aliphatic rings. The van der Waals surface area contributed by atoms with Crippen LogP contribution in [0.1, 0.15) is 50.8 Å². The van der Waals surface area contributed by atoms with Crippen molar-refractivity contribution >= 4 is 5.82 Å². The van der Waals surface area contributed by atoms with Gasteiger partial charge in [-0.3, -0.25) is 0 Å². The van der Waals surface area contributed by atoms with Gasteiger partial charge in [-0.2, -0.15) is 0 Å². The summed E-state index contributed by atoms with van der Waals surface area (Å²) in [7, 11) is 0. The van der Waals surface area contributed by atoms with Crippen LogP contribution in [-0.2, 0) is 6.61 Å². The summed E-state index contributed by atoms with van der Waals surface area (Å²) in [6.45, 7) is 8.64. The SMILES string of the molecule is CCN(CC1CC1)c1cc(CO)cc(C(C)C)n1. The van der Waals surface area contributed by atoms with Gasteiger partial charge in [0.05, 0.1) is 6.61 Å². The molecular weight excluding hydrogens is 224 g/mol. The molecule has 3 heteroatoms. The highest BCUT2D eigenvalue weighted by molar-refractivity contribution is 5.43. The zero-order chi connectivity index (χ0) is 13.1. The smallest absolute Gasteiger partial charge is 0.129 e. The molecule has 1 saturated carbocycles. The maximum absolute atomic E-state index is 9.37. The monoisotopic (exact) mass is 248 g/mol. The van der Waals surface area contributed by atoms with Crippen molar-refractivity contribution in [3.63, 3.8) is 0 Å². The van der Waals surface area contributed by atoms with Crippen molar-refractivity contribution in [1.29, 1.82) is 0 Å². The molecule has 0 spiro atoms. The van der Waals surface area contributed by atoms with Crippen LogP contribution >= 0.6 is 0 Å². The number of nitrogens with zero attached hydrogens (tertiary/aromatic N) is 2. The lowest BCUT2D eigenvalue weighted by Crippen LogP contribution is -2.26. The Morgan fingerprint density at radius 1 is 1.39 bits per heavy atom. The lowest BCUT2D eigenvalue weighted by Gasteiger charge is -2.23. The van der Waals surface area contributed by atoms with Crippen molar-refractivity contribution in [3.05, 3.63) is 23.4 Å². The van der Waals surface area contributed by atoms with Crippen LogP contribution in [0.5, 0.6) is 0 Å². The van der Waals surface area contributed by atoms with Crippen LogP contribution in [-0.4, -0.2) is 23.2 Å². The molecule has 0 amide bonds. The van der Waals surface area contributed by atoms with Gasteiger partial charge in [-0.1, -0.05) is 13.8 Å². The lowest BCUT2D eigenvalue weighted by molar-refractivity contribution is 0.281. The van der Waals surface area contributed by atoms with E-state index in [-0.39, 0.29) is 6.61 Å². The van der Waals surface area contributed by atoms with E-state index in [0.717, 1.165) is 36.1 Å². The molecule has 0 aliphatic heterocycles. The van der Waals surface area contributed by atoms with Crippen molar-refractivity contribution in [1.82, 2.24) is 4.98 Å². The van der Waals surface area contributed by atoms with Crippen LogP contribution < -0.4 is 4.90 Å². The van der Waals surface area contributed by atoms with Crippen molar-refractivity contribution < 1.29 is 5.11 Å². The summed E-state index contributed by atoms with van der Waals surface area (Å²) in [6.07, 6.45) is 2.71. The second-order valence-corrected chi connectivity index (χ2v) is 5.55. The number of pyridine rings is 1. The summed E-state index contributed by atoms with van der Waals surface area (Å²) in [5, 5.41) is 9.37. The molecule has 1 N–H and O–H groups in total. The summed E-state index contributed by atoms with van der Waals surface area (Å²) in [5.41, 5.74) is 2.05. The van der Waals surface area contributed by atoms with Gasteiger partial charge in [0.1, 0.15) is 5.82 Å². The van der Waals surface area contributed by atoms with Crippen LogP contribution in [0.25, 0.3) is 0 Å². The van der Waals surface area contributed by atoms with Gasteiger partial charge in [0.15, 0.2) is 0 Å². The number of aliphatic hydroxyl groups is 1. The lowest BCUT2D eigenvalue weighted by atomic mass is 10.1. The summed E-state index contributed by atoms with van der Waals surface area (Å²) >= 11 is 0. The Balaban J connectivity index is 2.25. The predicted octanol–water partition coefficient (Wildman–Crippen LogP) is 2.93. The molecule has 1 aromatic rings. The largest absolute Gasteiger partial charge is 0.392 e. The maximum Gasteiger partial charge on any atom is 0.129 e. The van der Waals surface area contributed by atoms with Gasteiger partial charge < -0.3 is 10.0 Å². The minimum atomic E-state index is 0.0935. The van der Waals surface area contributed by atoms with Gasteiger partial charge in [-0.15, -0.1) is 0 Å². The highest BCUT2D eigenvalue weighted by Gasteiger charge is 2.24. The molecule has 1 heterocycles. The minimum absolute atomic E-state index is 0.0935. The second-order valence-electron chi connectivity index (χ2n) is 5.55. The van der Waals surface area contributed by atoms with Crippen LogP contribution in [0, 0.1) is 5.92 Å². The average Bonchev–Trinajstić information content (AvgIpc) is 3.19. The zero-order valence-electron chi connectivity index (χ0n) is 11.7. The maximum atomic E-state index is 9.37. The fourth-order valence-corrected chi connectivity index (χ4v) is 2.14. The molecule has 1 fully saturated rings. The van der Waals surface area contributed by atoms with Crippen molar-refractivity contribution in [2.45, 2.75) is 46.1 Å². The molecule has 0 saturated heterocycles. The molecule has 2 rings (SSSR count). The number of hydrogen-bond donors (Lipinski definition) is 1. The van der Waals surface area contributed by atoms with Crippen molar-refractivity contribution in [2.24, 2.45) is 5.92 Å². The topological polar surface area (TPSA) is 36.4 Å². The standard InChI is InChI=1S/C15H24N2O/c1-4-17(9-12-5-6-12)15-8-13(10-18)7-14(16-15)11(2)3/h7-8,11-12,18H,4-6,9-10H2,1-3H3. The van der Waals surface area contributed by atoms with Crippen LogP contribution in [0.2, 0.25) is 0 Å². The summed E-state index contributed by atoms with van der Waals surface area (Å²) < 4.78 is 0. The molecule has 1 aliphatic carbocycles. The van der Waals surface area contributed by atoms with Gasteiger partial charge in [0, 0.05) is 18.8 Å². The first kappa shape index (κ1) is 13.3. The number of hydrogen-bond acceptors (Lipinski definition) is 3. The van der Waals surface area contributed by atoms with E-state index in [9.17, 15) is 5.11 Å². The summed E-state index contributed by atoms with van der Waals surface area (Å²) in [6, 6.07) is 4.04. The molecule has 0 unspecified atom stereocenters. The number of aliphatic hydroxyl groups excluding tert-OH is 1. The van der Waals surface area contributed by atoms with E-state index < -0.39 is 0 Å². The Labute approximate surface area is 110 Å². The van der Waals surface area contributed by atoms with Crippen LogP contribution in [0.4, 0.5) is 5.82 Å². The third-order valence-corrected chi connectivity index (χ3v) is 3.55. The Bertz CT molecular complexity index is 399. The van der Waals surface area contributed by atoms with E-state index in [4.69, 9.17) is 4.98 Å². The Morgan fingerprint density at radius 3 is 2.61 bits per heavy atom. The van der Waals surface area contributed by atoms with E-state index in [1.807, 2.05) is 12.1 Å². The molecule has 100 valence electrons. The first-order valence-corrected chi connectivity index (χ1v) is 7.00. The van der Waals surface area contributed by atoms with Gasteiger partial charge in [-0.05, 0) is 49.3 Å². The van der Waals surface area contributed by atoms with Gasteiger partial charge in [0.2, 0.25) is 0 Å². The second kappa shape index (κ2) is 5.70. The molecule has 0 atom stereocenters. The molecule has 0 bridgehead atoms. The molecule has 0 radical (unpaired) electrons. The van der Waals surface area contributed by atoms with E-state index in [0.29, 0.717) is 5.92 Å². The van der Waals surface area contributed by atoms with Crippen molar-refractivity contribution in [2.75, 3.05) is 18.0 Å². The van der Waals surface area contributed by atoms with E-state index in [2.05, 4.69) is 25.7 Å². The molecule has 3 nitrogen and oxygen atoms in total. The molecule has 18 heavy (non-hydrogen) atoms. The molecule has 1 aromatic heterocycles. The Hall–Kier alpha value is -1.09. The summed E-state index contributed by atoms with van der Waals surface area (Å²) in [4.78, 5) is 7.08. The molecular formula is C15H24N2O.